The highest BCUT2D eigenvalue weighted by atomic mass is 19.1. The van der Waals surface area contributed by atoms with Crippen molar-refractivity contribution in [2.75, 3.05) is 19.8 Å². The van der Waals surface area contributed by atoms with Crippen molar-refractivity contribution in [3.05, 3.63) is 48.2 Å². The number of ether oxygens (including phenoxy) is 1. The summed E-state index contributed by atoms with van der Waals surface area (Å²) in [6.45, 7) is 0.710. The summed E-state index contributed by atoms with van der Waals surface area (Å²) in [4.78, 5) is 8.56. The van der Waals surface area contributed by atoms with Gasteiger partial charge in [-0.2, -0.15) is 0 Å². The molecule has 1 fully saturated rings. The minimum atomic E-state index is -0.540. The van der Waals surface area contributed by atoms with Gasteiger partial charge in [0.2, 0.25) is 0 Å². The maximum atomic E-state index is 13.7. The monoisotopic (exact) mass is 260 g/mol. The molecule has 0 spiro atoms. The van der Waals surface area contributed by atoms with Crippen LogP contribution in [0, 0.1) is 5.82 Å². The molecule has 0 atom stereocenters. The Hall–Kier alpha value is -1.85. The second-order valence-corrected chi connectivity index (χ2v) is 4.68. The van der Waals surface area contributed by atoms with Gasteiger partial charge in [-0.3, -0.25) is 0 Å². The molecule has 1 aromatic carbocycles. The molecule has 1 aliphatic heterocycles. The number of benzene rings is 1. The summed E-state index contributed by atoms with van der Waals surface area (Å²) >= 11 is 0. The van der Waals surface area contributed by atoms with Crippen LogP contribution in [0.5, 0.6) is 0 Å². The second kappa shape index (κ2) is 4.68. The van der Waals surface area contributed by atoms with Crippen LogP contribution in [0.3, 0.4) is 0 Å². The summed E-state index contributed by atoms with van der Waals surface area (Å²) in [6, 6.07) is 8.12. The smallest absolute Gasteiger partial charge is 0.142 e. The zero-order chi connectivity index (χ0) is 13.3. The number of rotatable bonds is 3. The van der Waals surface area contributed by atoms with Crippen LogP contribution >= 0.6 is 0 Å². The molecule has 98 valence electrons. The van der Waals surface area contributed by atoms with E-state index in [2.05, 4.69) is 9.97 Å². The predicted octanol–water partition coefficient (Wildman–Crippen LogP) is 1.54. The number of aliphatic hydroxyl groups excluding tert-OH is 1. The first-order chi connectivity index (χ1) is 9.25. The van der Waals surface area contributed by atoms with E-state index in [-0.39, 0.29) is 12.4 Å². The maximum absolute atomic E-state index is 13.7. The molecule has 5 heteroatoms. The van der Waals surface area contributed by atoms with Gasteiger partial charge in [0.05, 0.1) is 30.9 Å². The Morgan fingerprint density at radius 1 is 1.26 bits per heavy atom. The Balaban J connectivity index is 2.03. The first kappa shape index (κ1) is 12.2. The molecule has 19 heavy (non-hydrogen) atoms. The van der Waals surface area contributed by atoms with Crippen molar-refractivity contribution in [2.24, 2.45) is 0 Å². The van der Waals surface area contributed by atoms with E-state index in [1.807, 2.05) is 0 Å². The zero-order valence-corrected chi connectivity index (χ0v) is 10.2. The van der Waals surface area contributed by atoms with Crippen LogP contribution < -0.4 is 0 Å². The van der Waals surface area contributed by atoms with Crippen molar-refractivity contribution >= 4 is 0 Å². The molecule has 1 saturated heterocycles. The largest absolute Gasteiger partial charge is 0.395 e. The number of nitrogens with zero attached hydrogens (tertiary/aromatic N) is 2. The van der Waals surface area contributed by atoms with Crippen molar-refractivity contribution in [2.45, 2.75) is 5.41 Å². The molecular weight excluding hydrogens is 247 g/mol. The average molecular weight is 260 g/mol. The van der Waals surface area contributed by atoms with Gasteiger partial charge in [-0.15, -0.1) is 0 Å². The van der Waals surface area contributed by atoms with Crippen molar-refractivity contribution < 1.29 is 14.2 Å². The van der Waals surface area contributed by atoms with E-state index in [0.717, 1.165) is 0 Å². The fraction of sp³-hybridized carbons (Fsp3) is 0.286. The normalized spacial score (nSPS) is 16.9. The minimum absolute atomic E-state index is 0.0757. The number of hydrogen-bond donors (Lipinski definition) is 1. The lowest BCUT2D eigenvalue weighted by atomic mass is 9.86. The Kier molecular flexibility index (Phi) is 3.00. The lowest BCUT2D eigenvalue weighted by Gasteiger charge is -2.38. The molecule has 3 rings (SSSR count). The van der Waals surface area contributed by atoms with Crippen LogP contribution in [0.25, 0.3) is 11.3 Å². The summed E-state index contributed by atoms with van der Waals surface area (Å²) in [5.41, 5.74) is 0.406. The lowest BCUT2D eigenvalue weighted by molar-refractivity contribution is -0.0883. The zero-order valence-electron chi connectivity index (χ0n) is 10.2. The van der Waals surface area contributed by atoms with Crippen LogP contribution in [0.4, 0.5) is 4.39 Å². The number of halogens is 1. The molecule has 0 aliphatic carbocycles. The minimum Gasteiger partial charge on any atom is -0.395 e. The van der Waals surface area contributed by atoms with E-state index in [1.165, 1.54) is 6.07 Å². The van der Waals surface area contributed by atoms with E-state index in [9.17, 15) is 9.50 Å². The van der Waals surface area contributed by atoms with E-state index >= 15 is 0 Å². The summed E-state index contributed by atoms with van der Waals surface area (Å²) in [6.07, 6.45) is 1.58. The first-order valence-corrected chi connectivity index (χ1v) is 6.02. The van der Waals surface area contributed by atoms with Gasteiger partial charge in [-0.05, 0) is 18.2 Å². The number of aliphatic hydroxyl groups is 1. The highest BCUT2D eigenvalue weighted by Crippen LogP contribution is 2.30. The molecule has 0 unspecified atom stereocenters. The summed E-state index contributed by atoms with van der Waals surface area (Å²) < 4.78 is 18.9. The van der Waals surface area contributed by atoms with Gasteiger partial charge in [0.25, 0.3) is 0 Å². The van der Waals surface area contributed by atoms with E-state index in [0.29, 0.717) is 30.3 Å². The summed E-state index contributed by atoms with van der Waals surface area (Å²) in [5, 5.41) is 9.47. The van der Waals surface area contributed by atoms with Crippen molar-refractivity contribution in [1.29, 1.82) is 0 Å². The van der Waals surface area contributed by atoms with Crippen molar-refractivity contribution in [1.82, 2.24) is 9.97 Å². The topological polar surface area (TPSA) is 55.2 Å². The van der Waals surface area contributed by atoms with Gasteiger partial charge in [-0.25, -0.2) is 14.4 Å². The molecule has 0 amide bonds. The van der Waals surface area contributed by atoms with Crippen molar-refractivity contribution in [3.63, 3.8) is 0 Å². The third kappa shape index (κ3) is 2.01. The van der Waals surface area contributed by atoms with Gasteiger partial charge < -0.3 is 9.84 Å². The Bertz CT molecular complexity index is 594. The summed E-state index contributed by atoms with van der Waals surface area (Å²) in [7, 11) is 0. The maximum Gasteiger partial charge on any atom is 0.142 e. The first-order valence-electron chi connectivity index (χ1n) is 6.02. The highest BCUT2D eigenvalue weighted by Gasteiger charge is 2.42. The third-order valence-electron chi connectivity index (χ3n) is 3.34. The fourth-order valence-corrected chi connectivity index (χ4v) is 2.07. The molecule has 0 saturated carbocycles. The van der Waals surface area contributed by atoms with E-state index in [1.54, 1.807) is 30.5 Å². The molecule has 2 heterocycles. The Morgan fingerprint density at radius 3 is 2.68 bits per heavy atom. The van der Waals surface area contributed by atoms with Crippen molar-refractivity contribution in [3.8, 4) is 11.3 Å². The third-order valence-corrected chi connectivity index (χ3v) is 3.34. The molecule has 0 bridgehead atoms. The molecule has 1 aromatic heterocycles. The van der Waals surface area contributed by atoms with Crippen LogP contribution in [-0.2, 0) is 10.2 Å². The van der Waals surface area contributed by atoms with Gasteiger partial charge in [0.1, 0.15) is 11.6 Å². The van der Waals surface area contributed by atoms with Crippen LogP contribution in [0.15, 0.2) is 36.5 Å². The van der Waals surface area contributed by atoms with E-state index < -0.39 is 5.41 Å². The second-order valence-electron chi connectivity index (χ2n) is 4.68. The lowest BCUT2D eigenvalue weighted by Crippen LogP contribution is -2.51. The standard InChI is InChI=1S/C14H13FN2O2/c15-11-4-2-1-3-10(11)12-5-6-16-13(17-12)14(7-18)8-19-9-14/h1-6,18H,7-9H2. The molecule has 2 aromatic rings. The molecule has 1 N–H and O–H groups in total. The molecule has 4 nitrogen and oxygen atoms in total. The molecular formula is C14H13FN2O2. The molecule has 0 radical (unpaired) electrons. The predicted molar refractivity (Wildman–Crippen MR) is 67.0 cm³/mol. The van der Waals surface area contributed by atoms with Gasteiger partial charge in [0, 0.05) is 11.8 Å². The number of aromatic nitrogens is 2. The Morgan fingerprint density at radius 2 is 2.05 bits per heavy atom. The van der Waals surface area contributed by atoms with Crippen LogP contribution in [0.2, 0.25) is 0 Å². The number of hydrogen-bond acceptors (Lipinski definition) is 4. The van der Waals surface area contributed by atoms with Gasteiger partial charge in [-0.1, -0.05) is 12.1 Å². The van der Waals surface area contributed by atoms with Crippen LogP contribution in [-0.4, -0.2) is 34.9 Å². The van der Waals surface area contributed by atoms with Gasteiger partial charge in [0.15, 0.2) is 0 Å². The fourth-order valence-electron chi connectivity index (χ4n) is 2.07. The van der Waals surface area contributed by atoms with Gasteiger partial charge >= 0.3 is 0 Å². The molecule has 1 aliphatic rings. The van der Waals surface area contributed by atoms with Crippen LogP contribution in [0.1, 0.15) is 5.82 Å². The Labute approximate surface area is 109 Å². The average Bonchev–Trinajstić information content (AvgIpc) is 2.39. The highest BCUT2D eigenvalue weighted by molar-refractivity contribution is 5.59. The summed E-state index contributed by atoms with van der Waals surface area (Å²) in [5.74, 6) is 0.178. The quantitative estimate of drug-likeness (QED) is 0.909. The van der Waals surface area contributed by atoms with E-state index in [4.69, 9.17) is 4.74 Å². The SMILES string of the molecule is OCC1(c2nccc(-c3ccccc3F)n2)COC1.